The van der Waals surface area contributed by atoms with Crippen molar-refractivity contribution >= 4 is 28.8 Å². The number of benzene rings is 3. The topological polar surface area (TPSA) is 67.9 Å². The summed E-state index contributed by atoms with van der Waals surface area (Å²) in [5.41, 5.74) is 4.30. The molecule has 2 amide bonds. The lowest BCUT2D eigenvalue weighted by Gasteiger charge is -2.18. The van der Waals surface area contributed by atoms with E-state index in [9.17, 15) is 9.59 Å². The minimum absolute atomic E-state index is 0.220. The highest BCUT2D eigenvalue weighted by Gasteiger charge is 2.40. The van der Waals surface area contributed by atoms with Gasteiger partial charge in [-0.25, -0.2) is 4.90 Å². The molecular formula is C27H26N2O4. The summed E-state index contributed by atoms with van der Waals surface area (Å²) in [6.07, 6.45) is 0. The Balaban J connectivity index is 1.81. The average Bonchev–Trinajstić information content (AvgIpc) is 3.04. The van der Waals surface area contributed by atoms with Crippen molar-refractivity contribution in [3.05, 3.63) is 89.1 Å². The third-order valence-corrected chi connectivity index (χ3v) is 5.47. The molecule has 0 saturated heterocycles. The maximum Gasteiger partial charge on any atom is 0.282 e. The van der Waals surface area contributed by atoms with Crippen LogP contribution in [-0.2, 0) is 9.59 Å². The van der Waals surface area contributed by atoms with Crippen molar-refractivity contribution in [2.75, 3.05) is 23.9 Å². The molecule has 0 aromatic heterocycles. The lowest BCUT2D eigenvalue weighted by molar-refractivity contribution is -0.120. The number of carbonyl (C=O) groups is 2. The average molecular weight is 443 g/mol. The first kappa shape index (κ1) is 22.1. The van der Waals surface area contributed by atoms with Crippen LogP contribution in [0.4, 0.5) is 11.4 Å². The van der Waals surface area contributed by atoms with E-state index in [4.69, 9.17) is 9.47 Å². The normalized spacial score (nSPS) is 13.5. The molecule has 0 unspecified atom stereocenters. The SMILES string of the molecule is CCOc1ccc(C2=C(Nc3cccc(OC)c3)C(=O)N(c3ccc(C)cc3C)C2=O)cc1. The van der Waals surface area contributed by atoms with Crippen LogP contribution in [0.3, 0.4) is 0 Å². The largest absolute Gasteiger partial charge is 0.497 e. The van der Waals surface area contributed by atoms with Gasteiger partial charge in [0.1, 0.15) is 17.2 Å². The number of amides is 2. The van der Waals surface area contributed by atoms with Crippen LogP contribution in [0, 0.1) is 13.8 Å². The van der Waals surface area contributed by atoms with Crippen molar-refractivity contribution < 1.29 is 19.1 Å². The van der Waals surface area contributed by atoms with Crippen molar-refractivity contribution in [2.24, 2.45) is 0 Å². The summed E-state index contributed by atoms with van der Waals surface area (Å²) in [4.78, 5) is 28.5. The number of hydrogen-bond acceptors (Lipinski definition) is 5. The second-order valence-corrected chi connectivity index (χ2v) is 7.80. The van der Waals surface area contributed by atoms with Gasteiger partial charge >= 0.3 is 0 Å². The van der Waals surface area contributed by atoms with E-state index >= 15 is 0 Å². The molecule has 0 radical (unpaired) electrons. The monoisotopic (exact) mass is 442 g/mol. The lowest BCUT2D eigenvalue weighted by atomic mass is 10.0. The number of nitrogens with one attached hydrogen (secondary N) is 1. The fraction of sp³-hybridized carbons (Fsp3) is 0.185. The predicted molar refractivity (Wildman–Crippen MR) is 130 cm³/mol. The van der Waals surface area contributed by atoms with Crippen molar-refractivity contribution in [1.82, 2.24) is 0 Å². The van der Waals surface area contributed by atoms with Crippen LogP contribution in [-0.4, -0.2) is 25.5 Å². The summed E-state index contributed by atoms with van der Waals surface area (Å²) in [5, 5.41) is 3.17. The fourth-order valence-electron chi connectivity index (χ4n) is 3.92. The summed E-state index contributed by atoms with van der Waals surface area (Å²) in [6, 6.07) is 20.1. The number of ether oxygens (including phenoxy) is 2. The highest BCUT2D eigenvalue weighted by atomic mass is 16.5. The third kappa shape index (κ3) is 4.32. The van der Waals surface area contributed by atoms with Crippen LogP contribution in [0.1, 0.15) is 23.6 Å². The molecular weight excluding hydrogens is 416 g/mol. The van der Waals surface area contributed by atoms with Gasteiger partial charge < -0.3 is 14.8 Å². The van der Waals surface area contributed by atoms with E-state index in [1.54, 1.807) is 37.4 Å². The van der Waals surface area contributed by atoms with E-state index < -0.39 is 5.91 Å². The molecule has 0 atom stereocenters. The Morgan fingerprint density at radius 3 is 2.30 bits per heavy atom. The minimum Gasteiger partial charge on any atom is -0.497 e. The molecule has 0 bridgehead atoms. The molecule has 168 valence electrons. The fourth-order valence-corrected chi connectivity index (χ4v) is 3.92. The number of methoxy groups -OCH3 is 1. The third-order valence-electron chi connectivity index (χ3n) is 5.47. The van der Waals surface area contributed by atoms with Gasteiger partial charge in [0.2, 0.25) is 0 Å². The summed E-state index contributed by atoms with van der Waals surface area (Å²) in [7, 11) is 1.58. The second-order valence-electron chi connectivity index (χ2n) is 7.80. The van der Waals surface area contributed by atoms with Gasteiger partial charge in [-0.15, -0.1) is 0 Å². The van der Waals surface area contributed by atoms with Gasteiger partial charge in [0.05, 0.1) is 25.0 Å². The zero-order chi connectivity index (χ0) is 23.5. The summed E-state index contributed by atoms with van der Waals surface area (Å²) < 4.78 is 10.8. The van der Waals surface area contributed by atoms with Crippen molar-refractivity contribution in [3.8, 4) is 11.5 Å². The molecule has 1 aliphatic rings. The first-order valence-electron chi connectivity index (χ1n) is 10.8. The zero-order valence-corrected chi connectivity index (χ0v) is 19.1. The van der Waals surface area contributed by atoms with Crippen LogP contribution in [0.25, 0.3) is 5.57 Å². The quantitative estimate of drug-likeness (QED) is 0.515. The highest BCUT2D eigenvalue weighted by Crippen LogP contribution is 2.36. The van der Waals surface area contributed by atoms with Gasteiger partial charge in [0, 0.05) is 11.8 Å². The number of anilines is 2. The molecule has 0 fully saturated rings. The Hall–Kier alpha value is -4.06. The molecule has 3 aromatic carbocycles. The molecule has 4 rings (SSSR count). The number of carbonyl (C=O) groups excluding carboxylic acids is 2. The predicted octanol–water partition coefficient (Wildman–Crippen LogP) is 5.11. The maximum absolute atomic E-state index is 13.6. The van der Waals surface area contributed by atoms with Crippen molar-refractivity contribution in [1.29, 1.82) is 0 Å². The molecule has 6 nitrogen and oxygen atoms in total. The number of rotatable bonds is 7. The van der Waals surface area contributed by atoms with Crippen LogP contribution >= 0.6 is 0 Å². The number of imide groups is 1. The Bertz CT molecular complexity index is 1250. The van der Waals surface area contributed by atoms with Gasteiger partial charge in [-0.1, -0.05) is 35.9 Å². The van der Waals surface area contributed by atoms with Gasteiger partial charge in [0.25, 0.3) is 11.8 Å². The second kappa shape index (κ2) is 9.20. The highest BCUT2D eigenvalue weighted by molar-refractivity contribution is 6.46. The first-order valence-corrected chi connectivity index (χ1v) is 10.8. The van der Waals surface area contributed by atoms with E-state index in [1.807, 2.05) is 57.2 Å². The molecule has 1 aliphatic heterocycles. The van der Waals surface area contributed by atoms with Crippen molar-refractivity contribution in [3.63, 3.8) is 0 Å². The number of nitrogens with zero attached hydrogens (tertiary/aromatic N) is 1. The number of aryl methyl sites for hydroxylation is 2. The number of hydrogen-bond donors (Lipinski definition) is 1. The molecule has 33 heavy (non-hydrogen) atoms. The van der Waals surface area contributed by atoms with Gasteiger partial charge in [-0.3, -0.25) is 9.59 Å². The summed E-state index contributed by atoms with van der Waals surface area (Å²) in [5.74, 6) is 0.568. The van der Waals surface area contributed by atoms with Gasteiger partial charge in [-0.2, -0.15) is 0 Å². The van der Waals surface area contributed by atoms with E-state index in [2.05, 4.69) is 5.32 Å². The zero-order valence-electron chi connectivity index (χ0n) is 19.1. The van der Waals surface area contributed by atoms with Crippen LogP contribution < -0.4 is 19.7 Å². The molecule has 1 heterocycles. The lowest BCUT2D eigenvalue weighted by Crippen LogP contribution is -2.33. The molecule has 1 N–H and O–H groups in total. The Morgan fingerprint density at radius 1 is 0.879 bits per heavy atom. The van der Waals surface area contributed by atoms with E-state index in [0.29, 0.717) is 40.6 Å². The molecule has 6 heteroatoms. The molecule has 0 saturated carbocycles. The van der Waals surface area contributed by atoms with Crippen LogP contribution in [0.15, 0.2) is 72.4 Å². The van der Waals surface area contributed by atoms with E-state index in [-0.39, 0.29) is 11.6 Å². The maximum atomic E-state index is 13.6. The van der Waals surface area contributed by atoms with E-state index in [0.717, 1.165) is 11.1 Å². The van der Waals surface area contributed by atoms with E-state index in [1.165, 1.54) is 4.90 Å². The summed E-state index contributed by atoms with van der Waals surface area (Å²) >= 11 is 0. The first-order chi connectivity index (χ1) is 15.9. The summed E-state index contributed by atoms with van der Waals surface area (Å²) in [6.45, 7) is 6.33. The molecule has 0 spiro atoms. The smallest absolute Gasteiger partial charge is 0.282 e. The Kier molecular flexibility index (Phi) is 6.18. The standard InChI is InChI=1S/C27H26N2O4/c1-5-33-21-12-10-19(11-13-21)24-25(28-20-7-6-8-22(16-20)32-4)27(31)29(26(24)30)23-14-9-17(2)15-18(23)3/h6-16,28H,5H2,1-4H3. The van der Waals surface area contributed by atoms with Gasteiger partial charge in [-0.05, 0) is 62.2 Å². The molecule has 3 aromatic rings. The van der Waals surface area contributed by atoms with Crippen molar-refractivity contribution in [2.45, 2.75) is 20.8 Å². The van der Waals surface area contributed by atoms with Crippen LogP contribution in [0.2, 0.25) is 0 Å². The molecule has 0 aliphatic carbocycles. The Labute approximate surface area is 193 Å². The van der Waals surface area contributed by atoms with Gasteiger partial charge in [0.15, 0.2) is 0 Å². The van der Waals surface area contributed by atoms with Crippen LogP contribution in [0.5, 0.6) is 11.5 Å². The Morgan fingerprint density at radius 2 is 1.64 bits per heavy atom. The minimum atomic E-state index is -0.404.